The van der Waals surface area contributed by atoms with Gasteiger partial charge in [-0.3, -0.25) is 19.2 Å². The minimum absolute atomic E-state index is 0.103. The predicted molar refractivity (Wildman–Crippen MR) is 114 cm³/mol. The Hall–Kier alpha value is -2.94. The molecule has 0 aliphatic heterocycles. The van der Waals surface area contributed by atoms with Crippen LogP contribution in [0.3, 0.4) is 0 Å². The average molecular weight is 420 g/mol. The molecular formula is C20H25N3O5S. The Morgan fingerprint density at radius 3 is 2.34 bits per heavy atom. The van der Waals surface area contributed by atoms with Crippen molar-refractivity contribution in [1.29, 1.82) is 0 Å². The molecule has 0 atom stereocenters. The lowest BCUT2D eigenvalue weighted by Crippen LogP contribution is -2.38. The van der Waals surface area contributed by atoms with Crippen LogP contribution in [0.15, 0.2) is 36.4 Å². The first-order valence-electron chi connectivity index (χ1n) is 9.04. The number of carbonyl (C=O) groups excluding carboxylic acids is 1. The van der Waals surface area contributed by atoms with Crippen molar-refractivity contribution in [3.8, 4) is 0 Å². The van der Waals surface area contributed by atoms with Crippen molar-refractivity contribution >= 4 is 33.0 Å². The molecule has 29 heavy (non-hydrogen) atoms. The Morgan fingerprint density at radius 2 is 1.79 bits per heavy atom. The Balaban J connectivity index is 2.41. The molecule has 1 N–H and O–H groups in total. The predicted octanol–water partition coefficient (Wildman–Crippen LogP) is 3.74. The number of nitrogens with zero attached hydrogens (tertiary/aromatic N) is 2. The highest BCUT2D eigenvalue weighted by Gasteiger charge is 2.26. The third-order valence-corrected chi connectivity index (χ3v) is 5.75. The molecule has 2 aromatic carbocycles. The van der Waals surface area contributed by atoms with Gasteiger partial charge in [0.1, 0.15) is 6.54 Å². The number of para-hydroxylation sites is 1. The van der Waals surface area contributed by atoms with Gasteiger partial charge in [-0.05, 0) is 37.0 Å². The summed E-state index contributed by atoms with van der Waals surface area (Å²) in [5.41, 5.74) is 2.52. The maximum atomic E-state index is 12.7. The molecule has 0 aliphatic rings. The van der Waals surface area contributed by atoms with E-state index in [2.05, 4.69) is 5.32 Å². The van der Waals surface area contributed by atoms with Gasteiger partial charge in [0.25, 0.3) is 5.69 Å². The standard InChI is InChI=1S/C20H25N3O5S/c1-13(2)16-9-6-8-14(3)20(16)21-19(24)12-22(29(5,27)28)17-10-7-11-18(15(17)4)23(25)26/h6-11,13H,12H2,1-5H3,(H,21,24). The van der Waals surface area contributed by atoms with Crippen LogP contribution in [0.2, 0.25) is 0 Å². The number of aryl methyl sites for hydroxylation is 1. The third-order valence-electron chi connectivity index (χ3n) is 4.62. The fourth-order valence-electron chi connectivity index (χ4n) is 3.11. The van der Waals surface area contributed by atoms with E-state index in [4.69, 9.17) is 0 Å². The smallest absolute Gasteiger partial charge is 0.274 e. The van der Waals surface area contributed by atoms with E-state index in [1.807, 2.05) is 39.0 Å². The fraction of sp³-hybridized carbons (Fsp3) is 0.350. The first-order chi connectivity index (χ1) is 13.4. The molecular weight excluding hydrogens is 394 g/mol. The molecule has 0 heterocycles. The second kappa shape index (κ2) is 8.60. The quantitative estimate of drug-likeness (QED) is 0.543. The van der Waals surface area contributed by atoms with Crippen LogP contribution in [0.4, 0.5) is 17.1 Å². The summed E-state index contributed by atoms with van der Waals surface area (Å²) in [6.45, 7) is 6.83. The van der Waals surface area contributed by atoms with Gasteiger partial charge in [0.15, 0.2) is 0 Å². The average Bonchev–Trinajstić information content (AvgIpc) is 2.60. The lowest BCUT2D eigenvalue weighted by atomic mass is 9.98. The van der Waals surface area contributed by atoms with Gasteiger partial charge in [-0.2, -0.15) is 0 Å². The van der Waals surface area contributed by atoms with E-state index in [0.29, 0.717) is 5.69 Å². The zero-order chi connectivity index (χ0) is 21.9. The van der Waals surface area contributed by atoms with Crippen LogP contribution >= 0.6 is 0 Å². The first kappa shape index (κ1) is 22.4. The van der Waals surface area contributed by atoms with Crippen LogP contribution in [-0.2, 0) is 14.8 Å². The number of nitro benzene ring substituents is 1. The topological polar surface area (TPSA) is 110 Å². The molecule has 0 aliphatic carbocycles. The van der Waals surface area contributed by atoms with Gasteiger partial charge in [0.2, 0.25) is 15.9 Å². The van der Waals surface area contributed by atoms with Crippen LogP contribution in [0.1, 0.15) is 36.5 Å². The Morgan fingerprint density at radius 1 is 1.17 bits per heavy atom. The second-order valence-corrected chi connectivity index (χ2v) is 9.10. The third kappa shape index (κ3) is 5.11. The Kier molecular flexibility index (Phi) is 6.63. The lowest BCUT2D eigenvalue weighted by Gasteiger charge is -2.24. The molecule has 0 saturated heterocycles. The van der Waals surface area contributed by atoms with E-state index in [1.165, 1.54) is 25.1 Å². The van der Waals surface area contributed by atoms with Crippen molar-refractivity contribution < 1.29 is 18.1 Å². The summed E-state index contributed by atoms with van der Waals surface area (Å²) >= 11 is 0. The minimum atomic E-state index is -3.86. The van der Waals surface area contributed by atoms with Gasteiger partial charge in [0.05, 0.1) is 22.4 Å². The monoisotopic (exact) mass is 419 g/mol. The number of hydrogen-bond acceptors (Lipinski definition) is 5. The van der Waals surface area contributed by atoms with Crippen LogP contribution in [-0.4, -0.2) is 32.0 Å². The normalized spacial score (nSPS) is 11.4. The zero-order valence-corrected chi connectivity index (χ0v) is 17.9. The highest BCUT2D eigenvalue weighted by atomic mass is 32.2. The molecule has 2 aromatic rings. The Bertz CT molecular complexity index is 1050. The van der Waals surface area contributed by atoms with Crippen molar-refractivity contribution in [2.45, 2.75) is 33.6 Å². The Labute approximate surface area is 170 Å². The molecule has 9 heteroatoms. The van der Waals surface area contributed by atoms with Gasteiger partial charge in [-0.15, -0.1) is 0 Å². The molecule has 0 aromatic heterocycles. The minimum Gasteiger partial charge on any atom is -0.324 e. The van der Waals surface area contributed by atoms with E-state index in [-0.39, 0.29) is 22.9 Å². The van der Waals surface area contributed by atoms with Crippen molar-refractivity contribution in [3.63, 3.8) is 0 Å². The van der Waals surface area contributed by atoms with E-state index in [0.717, 1.165) is 21.7 Å². The second-order valence-electron chi connectivity index (χ2n) is 7.19. The summed E-state index contributed by atoms with van der Waals surface area (Å²) in [4.78, 5) is 23.4. The summed E-state index contributed by atoms with van der Waals surface area (Å²) in [5.74, 6) is -0.368. The van der Waals surface area contributed by atoms with Crippen LogP contribution in [0, 0.1) is 24.0 Å². The van der Waals surface area contributed by atoms with Crippen LogP contribution in [0.25, 0.3) is 0 Å². The molecule has 0 unspecified atom stereocenters. The van der Waals surface area contributed by atoms with Crippen LogP contribution in [0.5, 0.6) is 0 Å². The number of sulfonamides is 1. The highest BCUT2D eigenvalue weighted by molar-refractivity contribution is 7.92. The largest absolute Gasteiger partial charge is 0.324 e. The summed E-state index contributed by atoms with van der Waals surface area (Å²) in [6, 6.07) is 9.81. The van der Waals surface area contributed by atoms with Crippen molar-refractivity contribution in [2.24, 2.45) is 0 Å². The molecule has 0 fully saturated rings. The lowest BCUT2D eigenvalue weighted by molar-refractivity contribution is -0.385. The van der Waals surface area contributed by atoms with E-state index >= 15 is 0 Å². The molecule has 0 bridgehead atoms. The summed E-state index contributed by atoms with van der Waals surface area (Å²) in [6.07, 6.45) is 0.964. The number of nitro groups is 1. The first-order valence-corrected chi connectivity index (χ1v) is 10.9. The summed E-state index contributed by atoms with van der Waals surface area (Å²) < 4.78 is 25.6. The number of rotatable bonds is 7. The summed E-state index contributed by atoms with van der Waals surface area (Å²) in [7, 11) is -3.86. The van der Waals surface area contributed by atoms with Crippen molar-refractivity contribution in [2.75, 3.05) is 22.4 Å². The van der Waals surface area contributed by atoms with Gasteiger partial charge in [0, 0.05) is 11.8 Å². The van der Waals surface area contributed by atoms with E-state index in [9.17, 15) is 23.3 Å². The highest BCUT2D eigenvalue weighted by Crippen LogP contribution is 2.30. The maximum Gasteiger partial charge on any atom is 0.274 e. The van der Waals surface area contributed by atoms with Gasteiger partial charge in [-0.1, -0.05) is 38.1 Å². The molecule has 0 spiro atoms. The number of benzene rings is 2. The molecule has 0 radical (unpaired) electrons. The molecule has 1 amide bonds. The molecule has 8 nitrogen and oxygen atoms in total. The number of carbonyl (C=O) groups is 1. The number of nitrogens with one attached hydrogen (secondary N) is 1. The number of amides is 1. The fourth-order valence-corrected chi connectivity index (χ4v) is 4.02. The zero-order valence-electron chi connectivity index (χ0n) is 17.1. The summed E-state index contributed by atoms with van der Waals surface area (Å²) in [5, 5.41) is 14.0. The molecule has 0 saturated carbocycles. The number of hydrogen-bond donors (Lipinski definition) is 1. The van der Waals surface area contributed by atoms with Crippen molar-refractivity contribution in [1.82, 2.24) is 0 Å². The maximum absolute atomic E-state index is 12.7. The number of anilines is 2. The van der Waals surface area contributed by atoms with E-state index < -0.39 is 27.4 Å². The van der Waals surface area contributed by atoms with E-state index in [1.54, 1.807) is 0 Å². The van der Waals surface area contributed by atoms with Gasteiger partial charge in [-0.25, -0.2) is 8.42 Å². The van der Waals surface area contributed by atoms with Crippen molar-refractivity contribution in [3.05, 3.63) is 63.2 Å². The molecule has 2 rings (SSSR count). The van der Waals surface area contributed by atoms with Gasteiger partial charge < -0.3 is 5.32 Å². The van der Waals surface area contributed by atoms with Gasteiger partial charge >= 0.3 is 0 Å². The van der Waals surface area contributed by atoms with Crippen LogP contribution < -0.4 is 9.62 Å². The SMILES string of the molecule is Cc1cccc(C(C)C)c1NC(=O)CN(c1cccc([N+](=O)[O-])c1C)S(C)(=O)=O. The molecule has 156 valence electrons.